The smallest absolute Gasteiger partial charge is 0.0349 e. The van der Waals surface area contributed by atoms with E-state index in [0.29, 0.717) is 6.04 Å². The molecule has 0 radical (unpaired) electrons. The highest BCUT2D eigenvalue weighted by Crippen LogP contribution is 2.06. The summed E-state index contributed by atoms with van der Waals surface area (Å²) in [6, 6.07) is 0.537. The maximum absolute atomic E-state index is 5.74. The highest BCUT2D eigenvalue weighted by atomic mass is 15.3. The molecule has 0 aliphatic carbocycles. The molecule has 1 aliphatic heterocycles. The first-order valence-corrected chi connectivity index (χ1v) is 5.01. The van der Waals surface area contributed by atoms with Gasteiger partial charge in [-0.05, 0) is 14.0 Å². The molecule has 0 bridgehead atoms. The molecule has 3 nitrogen and oxygen atoms in total. The third-order valence-corrected chi connectivity index (χ3v) is 2.66. The summed E-state index contributed by atoms with van der Waals surface area (Å²) in [6.45, 7) is 7.28. The minimum atomic E-state index is 0.537. The SMILES string of the molecule is C/C=C/CN1CCN(C)CC1CN. The van der Waals surface area contributed by atoms with Crippen molar-refractivity contribution in [2.45, 2.75) is 13.0 Å². The predicted octanol–water partition coefficient (Wildman–Crippen LogP) is 0.137. The molecule has 3 heteroatoms. The van der Waals surface area contributed by atoms with Gasteiger partial charge in [0.1, 0.15) is 0 Å². The second-order valence-electron chi connectivity index (χ2n) is 3.72. The van der Waals surface area contributed by atoms with Crippen molar-refractivity contribution < 1.29 is 0 Å². The molecule has 2 N–H and O–H groups in total. The molecule has 0 spiro atoms. The molecule has 0 aromatic carbocycles. The number of rotatable bonds is 3. The van der Waals surface area contributed by atoms with Crippen LogP contribution in [-0.4, -0.2) is 55.6 Å². The van der Waals surface area contributed by atoms with Gasteiger partial charge in [-0.1, -0.05) is 12.2 Å². The molecular formula is C10H21N3. The topological polar surface area (TPSA) is 32.5 Å². The summed E-state index contributed by atoms with van der Waals surface area (Å²) in [4.78, 5) is 4.81. The highest BCUT2D eigenvalue weighted by Gasteiger charge is 2.22. The van der Waals surface area contributed by atoms with E-state index in [1.807, 2.05) is 0 Å². The van der Waals surface area contributed by atoms with Crippen molar-refractivity contribution in [3.8, 4) is 0 Å². The van der Waals surface area contributed by atoms with Crippen LogP contribution in [-0.2, 0) is 0 Å². The lowest BCUT2D eigenvalue weighted by molar-refractivity contribution is 0.105. The molecule has 76 valence electrons. The van der Waals surface area contributed by atoms with Gasteiger partial charge in [-0.3, -0.25) is 4.90 Å². The molecule has 1 atom stereocenters. The van der Waals surface area contributed by atoms with Gasteiger partial charge in [-0.2, -0.15) is 0 Å². The van der Waals surface area contributed by atoms with Crippen molar-refractivity contribution in [2.75, 3.05) is 39.8 Å². The fraction of sp³-hybridized carbons (Fsp3) is 0.800. The van der Waals surface area contributed by atoms with E-state index in [-0.39, 0.29) is 0 Å². The standard InChI is InChI=1S/C10H21N3/c1-3-4-5-13-7-6-12(2)9-10(13)8-11/h3-4,10H,5-9,11H2,1-2H3/b4-3+. The van der Waals surface area contributed by atoms with Crippen LogP contribution in [0.25, 0.3) is 0 Å². The van der Waals surface area contributed by atoms with Crippen LogP contribution in [0.15, 0.2) is 12.2 Å². The van der Waals surface area contributed by atoms with E-state index >= 15 is 0 Å². The Kier molecular flexibility index (Phi) is 4.42. The maximum atomic E-state index is 5.74. The number of nitrogens with two attached hydrogens (primary N) is 1. The van der Waals surface area contributed by atoms with Gasteiger partial charge >= 0.3 is 0 Å². The first-order chi connectivity index (χ1) is 6.27. The number of hydrogen-bond donors (Lipinski definition) is 1. The molecule has 1 unspecified atom stereocenters. The van der Waals surface area contributed by atoms with Crippen molar-refractivity contribution in [3.05, 3.63) is 12.2 Å². The van der Waals surface area contributed by atoms with Gasteiger partial charge in [-0.25, -0.2) is 0 Å². The molecule has 1 fully saturated rings. The second kappa shape index (κ2) is 5.37. The fourth-order valence-corrected chi connectivity index (χ4v) is 1.75. The highest BCUT2D eigenvalue weighted by molar-refractivity contribution is 4.88. The molecule has 0 saturated carbocycles. The van der Waals surface area contributed by atoms with E-state index in [4.69, 9.17) is 5.73 Å². The van der Waals surface area contributed by atoms with Gasteiger partial charge in [0.15, 0.2) is 0 Å². The number of piperazine rings is 1. The largest absolute Gasteiger partial charge is 0.329 e. The van der Waals surface area contributed by atoms with Crippen molar-refractivity contribution in [2.24, 2.45) is 5.73 Å². The number of nitrogens with zero attached hydrogens (tertiary/aromatic N) is 2. The Labute approximate surface area is 81.2 Å². The molecule has 0 aromatic rings. The van der Waals surface area contributed by atoms with Crippen LogP contribution in [0.4, 0.5) is 0 Å². The quantitative estimate of drug-likeness (QED) is 0.632. The average Bonchev–Trinajstić information content (AvgIpc) is 2.16. The van der Waals surface area contributed by atoms with Crippen LogP contribution < -0.4 is 5.73 Å². The van der Waals surface area contributed by atoms with Crippen LogP contribution in [0.2, 0.25) is 0 Å². The zero-order valence-electron chi connectivity index (χ0n) is 8.74. The Balaban J connectivity index is 2.42. The van der Waals surface area contributed by atoms with E-state index in [0.717, 1.165) is 32.7 Å². The second-order valence-corrected chi connectivity index (χ2v) is 3.72. The van der Waals surface area contributed by atoms with Crippen LogP contribution in [0.3, 0.4) is 0 Å². The minimum absolute atomic E-state index is 0.537. The van der Waals surface area contributed by atoms with E-state index < -0.39 is 0 Å². The van der Waals surface area contributed by atoms with Crippen LogP contribution >= 0.6 is 0 Å². The van der Waals surface area contributed by atoms with E-state index in [9.17, 15) is 0 Å². The van der Waals surface area contributed by atoms with Gasteiger partial charge in [0.2, 0.25) is 0 Å². The van der Waals surface area contributed by atoms with Gasteiger partial charge in [0.05, 0.1) is 0 Å². The fourth-order valence-electron chi connectivity index (χ4n) is 1.75. The van der Waals surface area contributed by atoms with E-state index in [1.165, 1.54) is 0 Å². The van der Waals surface area contributed by atoms with Gasteiger partial charge in [0.25, 0.3) is 0 Å². The molecule has 1 heterocycles. The predicted molar refractivity (Wildman–Crippen MR) is 56.7 cm³/mol. The van der Waals surface area contributed by atoms with Crippen LogP contribution in [0, 0.1) is 0 Å². The minimum Gasteiger partial charge on any atom is -0.329 e. The van der Waals surface area contributed by atoms with Gasteiger partial charge < -0.3 is 10.6 Å². The zero-order valence-corrected chi connectivity index (χ0v) is 8.74. The summed E-state index contributed by atoms with van der Waals surface area (Å²) in [5, 5.41) is 0. The Bertz CT molecular complexity index is 168. The van der Waals surface area contributed by atoms with Crippen LogP contribution in [0.5, 0.6) is 0 Å². The van der Waals surface area contributed by atoms with Crippen molar-refractivity contribution in [1.82, 2.24) is 9.80 Å². The Morgan fingerprint density at radius 2 is 2.23 bits per heavy atom. The molecule has 1 rings (SSSR count). The third-order valence-electron chi connectivity index (χ3n) is 2.66. The van der Waals surface area contributed by atoms with E-state index in [2.05, 4.69) is 35.9 Å². The lowest BCUT2D eigenvalue weighted by atomic mass is 10.1. The molecular weight excluding hydrogens is 162 g/mol. The zero-order chi connectivity index (χ0) is 9.68. The summed E-state index contributed by atoms with van der Waals surface area (Å²) in [5.74, 6) is 0. The van der Waals surface area contributed by atoms with Crippen LogP contribution in [0.1, 0.15) is 6.92 Å². The summed E-state index contributed by atoms with van der Waals surface area (Å²) >= 11 is 0. The van der Waals surface area contributed by atoms with E-state index in [1.54, 1.807) is 0 Å². The lowest BCUT2D eigenvalue weighted by Crippen LogP contribution is -2.54. The number of allylic oxidation sites excluding steroid dienone is 1. The average molecular weight is 183 g/mol. The van der Waals surface area contributed by atoms with Gasteiger partial charge in [-0.15, -0.1) is 0 Å². The Morgan fingerprint density at radius 3 is 2.85 bits per heavy atom. The van der Waals surface area contributed by atoms with Crippen molar-refractivity contribution >= 4 is 0 Å². The first kappa shape index (κ1) is 10.7. The van der Waals surface area contributed by atoms with Gasteiger partial charge in [0, 0.05) is 38.8 Å². The molecule has 13 heavy (non-hydrogen) atoms. The summed E-state index contributed by atoms with van der Waals surface area (Å²) in [7, 11) is 2.16. The van der Waals surface area contributed by atoms with Crippen molar-refractivity contribution in [3.63, 3.8) is 0 Å². The molecule has 0 aromatic heterocycles. The Hall–Kier alpha value is -0.380. The molecule has 1 aliphatic rings. The lowest BCUT2D eigenvalue weighted by Gasteiger charge is -2.38. The molecule has 1 saturated heterocycles. The summed E-state index contributed by atoms with van der Waals surface area (Å²) in [6.07, 6.45) is 4.31. The monoisotopic (exact) mass is 183 g/mol. The first-order valence-electron chi connectivity index (χ1n) is 5.01. The Morgan fingerprint density at radius 1 is 1.46 bits per heavy atom. The summed E-state index contributed by atoms with van der Waals surface area (Å²) in [5.41, 5.74) is 5.74. The molecule has 0 amide bonds. The third kappa shape index (κ3) is 3.10. The number of hydrogen-bond acceptors (Lipinski definition) is 3. The maximum Gasteiger partial charge on any atom is 0.0349 e. The number of likely N-dealkylation sites (N-methyl/N-ethyl adjacent to an activating group) is 1. The van der Waals surface area contributed by atoms with Crippen molar-refractivity contribution in [1.29, 1.82) is 0 Å². The summed E-state index contributed by atoms with van der Waals surface area (Å²) < 4.78 is 0. The normalized spacial score (nSPS) is 27.2.